The first-order valence-corrected chi connectivity index (χ1v) is 9.66. The SMILES string of the molecule is CCNC(=NCc1ccc(C)cc1OC)NCC(=O)N1CCc2ccccc21.I. The Labute approximate surface area is 189 Å². The number of ether oxygens (including phenoxy) is 1. The standard InChI is InChI=1S/C22H28N4O2.HI/c1-4-23-22(24-14-18-10-9-16(2)13-20(18)28-3)25-15-21(27)26-12-11-17-7-5-6-8-19(17)26;/h5-10,13H,4,11-12,14-15H2,1-3H3,(H2,23,24,25);1H. The van der Waals surface area contributed by atoms with Crippen LogP contribution in [0.25, 0.3) is 0 Å². The Morgan fingerprint density at radius 2 is 2.00 bits per heavy atom. The van der Waals surface area contributed by atoms with Crippen LogP contribution in [0.3, 0.4) is 0 Å². The van der Waals surface area contributed by atoms with Gasteiger partial charge in [0.1, 0.15) is 5.75 Å². The molecule has 1 aliphatic heterocycles. The average Bonchev–Trinajstić information content (AvgIpc) is 3.14. The average molecular weight is 508 g/mol. The summed E-state index contributed by atoms with van der Waals surface area (Å²) in [7, 11) is 1.66. The molecule has 1 amide bonds. The number of nitrogens with zero attached hydrogens (tertiary/aromatic N) is 2. The molecule has 0 unspecified atom stereocenters. The van der Waals surface area contributed by atoms with E-state index in [1.165, 1.54) is 5.56 Å². The fourth-order valence-electron chi connectivity index (χ4n) is 3.34. The minimum atomic E-state index is 0. The van der Waals surface area contributed by atoms with E-state index in [-0.39, 0.29) is 36.4 Å². The van der Waals surface area contributed by atoms with Crippen molar-refractivity contribution in [2.75, 3.05) is 31.6 Å². The molecular formula is C22H29IN4O2. The summed E-state index contributed by atoms with van der Waals surface area (Å²) in [6.07, 6.45) is 0.906. The van der Waals surface area contributed by atoms with Crippen LogP contribution >= 0.6 is 24.0 Å². The Morgan fingerprint density at radius 3 is 2.76 bits per heavy atom. The number of nitrogens with one attached hydrogen (secondary N) is 2. The molecule has 2 aromatic rings. The van der Waals surface area contributed by atoms with Crippen molar-refractivity contribution in [2.45, 2.75) is 26.8 Å². The number of methoxy groups -OCH3 is 1. The second-order valence-corrected chi connectivity index (χ2v) is 6.79. The molecule has 156 valence electrons. The third-order valence-electron chi connectivity index (χ3n) is 4.79. The molecule has 0 radical (unpaired) electrons. The lowest BCUT2D eigenvalue weighted by atomic mass is 10.1. The molecule has 1 aliphatic rings. The van der Waals surface area contributed by atoms with E-state index in [0.29, 0.717) is 12.5 Å². The third-order valence-corrected chi connectivity index (χ3v) is 4.79. The van der Waals surface area contributed by atoms with E-state index in [1.807, 2.05) is 55.1 Å². The minimum Gasteiger partial charge on any atom is -0.496 e. The van der Waals surface area contributed by atoms with Gasteiger partial charge >= 0.3 is 0 Å². The molecule has 0 atom stereocenters. The number of rotatable bonds is 6. The van der Waals surface area contributed by atoms with Gasteiger partial charge in [0.15, 0.2) is 5.96 Å². The normalized spacial score (nSPS) is 12.8. The molecule has 29 heavy (non-hydrogen) atoms. The van der Waals surface area contributed by atoms with Crippen LogP contribution in [-0.2, 0) is 17.8 Å². The van der Waals surface area contributed by atoms with Crippen molar-refractivity contribution in [2.24, 2.45) is 4.99 Å². The number of hydrogen-bond donors (Lipinski definition) is 2. The quantitative estimate of drug-likeness (QED) is 0.357. The highest BCUT2D eigenvalue weighted by Gasteiger charge is 2.23. The molecule has 0 spiro atoms. The zero-order valence-corrected chi connectivity index (χ0v) is 19.5. The number of fused-ring (bicyclic) bond motifs is 1. The predicted molar refractivity (Wildman–Crippen MR) is 128 cm³/mol. The monoisotopic (exact) mass is 508 g/mol. The molecular weight excluding hydrogens is 479 g/mol. The topological polar surface area (TPSA) is 66.0 Å². The van der Waals surface area contributed by atoms with Crippen molar-refractivity contribution in [1.82, 2.24) is 10.6 Å². The van der Waals surface area contributed by atoms with Gasteiger partial charge in [-0.1, -0.05) is 30.3 Å². The van der Waals surface area contributed by atoms with Gasteiger partial charge in [0.05, 0.1) is 20.2 Å². The number of para-hydroxylation sites is 1. The van der Waals surface area contributed by atoms with Crippen LogP contribution in [-0.4, -0.2) is 38.6 Å². The Balaban J connectivity index is 0.00000300. The second kappa shape index (κ2) is 11.0. The fraction of sp³-hybridized carbons (Fsp3) is 0.364. The van der Waals surface area contributed by atoms with Crippen molar-refractivity contribution in [3.8, 4) is 5.75 Å². The van der Waals surface area contributed by atoms with E-state index in [2.05, 4.69) is 21.7 Å². The molecule has 2 N–H and O–H groups in total. The zero-order chi connectivity index (χ0) is 19.9. The Kier molecular flexibility index (Phi) is 8.75. The number of benzene rings is 2. The summed E-state index contributed by atoms with van der Waals surface area (Å²) in [6.45, 7) is 6.15. The highest BCUT2D eigenvalue weighted by Crippen LogP contribution is 2.27. The zero-order valence-electron chi connectivity index (χ0n) is 17.2. The largest absolute Gasteiger partial charge is 0.496 e. The van der Waals surface area contributed by atoms with Gasteiger partial charge in [0, 0.05) is 24.3 Å². The molecule has 0 aliphatic carbocycles. The second-order valence-electron chi connectivity index (χ2n) is 6.79. The van der Waals surface area contributed by atoms with Crippen molar-refractivity contribution in [1.29, 1.82) is 0 Å². The molecule has 7 heteroatoms. The molecule has 2 aromatic carbocycles. The summed E-state index contributed by atoms with van der Waals surface area (Å²) in [5.74, 6) is 1.48. The summed E-state index contributed by atoms with van der Waals surface area (Å²) < 4.78 is 5.45. The van der Waals surface area contributed by atoms with Gasteiger partial charge in [-0.05, 0) is 43.5 Å². The Morgan fingerprint density at radius 1 is 1.21 bits per heavy atom. The number of hydrogen-bond acceptors (Lipinski definition) is 3. The number of guanidine groups is 1. The van der Waals surface area contributed by atoms with E-state index in [4.69, 9.17) is 4.74 Å². The third kappa shape index (κ3) is 5.85. The van der Waals surface area contributed by atoms with E-state index in [0.717, 1.165) is 42.1 Å². The van der Waals surface area contributed by atoms with Crippen LogP contribution in [0.2, 0.25) is 0 Å². The van der Waals surface area contributed by atoms with Gasteiger partial charge in [-0.15, -0.1) is 24.0 Å². The van der Waals surface area contributed by atoms with E-state index in [1.54, 1.807) is 7.11 Å². The summed E-state index contributed by atoms with van der Waals surface area (Å²) in [5.41, 5.74) is 4.39. The maximum absolute atomic E-state index is 12.7. The van der Waals surface area contributed by atoms with Gasteiger partial charge in [0.25, 0.3) is 0 Å². The van der Waals surface area contributed by atoms with Crippen LogP contribution in [0.15, 0.2) is 47.5 Å². The molecule has 0 fully saturated rings. The number of amides is 1. The van der Waals surface area contributed by atoms with Crippen molar-refractivity contribution >= 4 is 41.5 Å². The van der Waals surface area contributed by atoms with Crippen molar-refractivity contribution < 1.29 is 9.53 Å². The highest BCUT2D eigenvalue weighted by atomic mass is 127. The number of aliphatic imine (C=N–C) groups is 1. The number of carbonyl (C=O) groups excluding carboxylic acids is 1. The number of anilines is 1. The summed E-state index contributed by atoms with van der Waals surface area (Å²) in [4.78, 5) is 19.1. The lowest BCUT2D eigenvalue weighted by molar-refractivity contribution is -0.117. The van der Waals surface area contributed by atoms with E-state index < -0.39 is 0 Å². The highest BCUT2D eigenvalue weighted by molar-refractivity contribution is 14.0. The molecule has 0 aromatic heterocycles. The summed E-state index contributed by atoms with van der Waals surface area (Å²) in [6, 6.07) is 14.1. The molecule has 0 bridgehead atoms. The Hall–Kier alpha value is -2.29. The van der Waals surface area contributed by atoms with E-state index >= 15 is 0 Å². The maximum atomic E-state index is 12.7. The lowest BCUT2D eigenvalue weighted by Gasteiger charge is -2.19. The molecule has 0 saturated heterocycles. The number of aryl methyl sites for hydroxylation is 1. The molecule has 0 saturated carbocycles. The fourth-order valence-corrected chi connectivity index (χ4v) is 3.34. The number of carbonyl (C=O) groups is 1. The molecule has 1 heterocycles. The summed E-state index contributed by atoms with van der Waals surface area (Å²) >= 11 is 0. The van der Waals surface area contributed by atoms with Crippen LogP contribution in [0.4, 0.5) is 5.69 Å². The first-order valence-electron chi connectivity index (χ1n) is 9.66. The predicted octanol–water partition coefficient (Wildman–Crippen LogP) is 3.27. The first-order chi connectivity index (χ1) is 13.6. The number of halogens is 1. The maximum Gasteiger partial charge on any atom is 0.246 e. The Bertz CT molecular complexity index is 870. The first kappa shape index (κ1) is 23.0. The van der Waals surface area contributed by atoms with Crippen molar-refractivity contribution in [3.05, 3.63) is 59.2 Å². The van der Waals surface area contributed by atoms with Gasteiger partial charge in [0.2, 0.25) is 5.91 Å². The van der Waals surface area contributed by atoms with Crippen LogP contribution in [0.5, 0.6) is 5.75 Å². The van der Waals surface area contributed by atoms with Gasteiger partial charge in [-0.25, -0.2) is 4.99 Å². The minimum absolute atomic E-state index is 0. The van der Waals surface area contributed by atoms with Gasteiger partial charge in [-0.2, -0.15) is 0 Å². The van der Waals surface area contributed by atoms with Crippen LogP contribution < -0.4 is 20.3 Å². The summed E-state index contributed by atoms with van der Waals surface area (Å²) in [5, 5.41) is 6.35. The van der Waals surface area contributed by atoms with E-state index in [9.17, 15) is 4.79 Å². The molecule has 3 rings (SSSR count). The molecule has 6 nitrogen and oxygen atoms in total. The van der Waals surface area contributed by atoms with Gasteiger partial charge in [-0.3, -0.25) is 4.79 Å². The van der Waals surface area contributed by atoms with Gasteiger partial charge < -0.3 is 20.3 Å². The smallest absolute Gasteiger partial charge is 0.246 e. The van der Waals surface area contributed by atoms with Crippen molar-refractivity contribution in [3.63, 3.8) is 0 Å². The lowest BCUT2D eigenvalue weighted by Crippen LogP contribution is -2.44. The van der Waals surface area contributed by atoms with Crippen LogP contribution in [0.1, 0.15) is 23.6 Å². The van der Waals surface area contributed by atoms with Crippen LogP contribution in [0, 0.1) is 6.92 Å².